The molecule has 6 heteroatoms. The van der Waals surface area contributed by atoms with Crippen LogP contribution in [0.3, 0.4) is 0 Å². The lowest BCUT2D eigenvalue weighted by Gasteiger charge is -2.36. The van der Waals surface area contributed by atoms with Crippen molar-refractivity contribution in [3.05, 3.63) is 46.0 Å². The van der Waals surface area contributed by atoms with E-state index in [1.54, 1.807) is 23.6 Å². The molecule has 2 aromatic rings. The number of carbonyl (C=O) groups excluding carboxylic acids is 1. The van der Waals surface area contributed by atoms with Crippen molar-refractivity contribution in [3.63, 3.8) is 0 Å². The first-order chi connectivity index (χ1) is 11.7. The van der Waals surface area contributed by atoms with Crippen LogP contribution in [0.15, 0.2) is 29.8 Å². The largest absolute Gasteiger partial charge is 0.354 e. The number of piperidine rings is 1. The Morgan fingerprint density at radius 1 is 1.25 bits per heavy atom. The third-order valence-electron chi connectivity index (χ3n) is 5.00. The van der Waals surface area contributed by atoms with Crippen molar-refractivity contribution in [1.29, 1.82) is 0 Å². The van der Waals surface area contributed by atoms with Crippen LogP contribution in [0, 0.1) is 11.7 Å². The molecule has 1 amide bonds. The van der Waals surface area contributed by atoms with Crippen LogP contribution in [0.4, 0.5) is 10.2 Å². The van der Waals surface area contributed by atoms with E-state index < -0.39 is 0 Å². The fourth-order valence-electron chi connectivity index (χ4n) is 3.64. The summed E-state index contributed by atoms with van der Waals surface area (Å²) >= 11 is 1.79. The van der Waals surface area contributed by atoms with Gasteiger partial charge in [0.15, 0.2) is 11.6 Å². The van der Waals surface area contributed by atoms with Crippen LogP contribution in [-0.4, -0.2) is 35.4 Å². The molecular formula is C18H20FN3OS. The van der Waals surface area contributed by atoms with Crippen LogP contribution >= 0.6 is 11.3 Å². The molecule has 2 aliphatic heterocycles. The molecule has 4 rings (SSSR count). The van der Waals surface area contributed by atoms with Crippen LogP contribution in [0.1, 0.15) is 23.3 Å². The molecule has 1 saturated heterocycles. The van der Waals surface area contributed by atoms with Crippen molar-refractivity contribution in [2.75, 3.05) is 24.5 Å². The number of carbonyl (C=O) groups is 1. The van der Waals surface area contributed by atoms with Crippen LogP contribution in [0.5, 0.6) is 0 Å². The maximum absolute atomic E-state index is 13.9. The van der Waals surface area contributed by atoms with Gasteiger partial charge in [-0.15, -0.1) is 11.3 Å². The highest BCUT2D eigenvalue weighted by atomic mass is 32.1. The second-order valence-corrected chi connectivity index (χ2v) is 7.45. The van der Waals surface area contributed by atoms with E-state index in [1.165, 1.54) is 16.5 Å². The molecule has 0 radical (unpaired) electrons. The Kier molecular flexibility index (Phi) is 4.22. The SMILES string of the molecule is O=C(C1CCN(c2ncccc2F)CC1)N1CCc2sccc2C1. The summed E-state index contributed by atoms with van der Waals surface area (Å²) in [5.74, 6) is 0.425. The predicted octanol–water partition coefficient (Wildman–Crippen LogP) is 3.08. The molecule has 4 nitrogen and oxygen atoms in total. The average Bonchev–Trinajstić information content (AvgIpc) is 3.09. The van der Waals surface area contributed by atoms with Gasteiger partial charge in [0.05, 0.1) is 0 Å². The minimum atomic E-state index is -0.289. The fourth-order valence-corrected chi connectivity index (χ4v) is 4.53. The number of pyridine rings is 1. The van der Waals surface area contributed by atoms with Gasteiger partial charge >= 0.3 is 0 Å². The number of anilines is 1. The minimum Gasteiger partial charge on any atom is -0.354 e. The Morgan fingerprint density at radius 3 is 2.88 bits per heavy atom. The number of aromatic nitrogens is 1. The fraction of sp³-hybridized carbons (Fsp3) is 0.444. The lowest BCUT2D eigenvalue weighted by molar-refractivity contribution is -0.137. The molecule has 0 N–H and O–H groups in total. The number of fused-ring (bicyclic) bond motifs is 1. The molecule has 24 heavy (non-hydrogen) atoms. The van der Waals surface area contributed by atoms with Gasteiger partial charge in [-0.3, -0.25) is 4.79 Å². The summed E-state index contributed by atoms with van der Waals surface area (Å²) in [4.78, 5) is 22.3. The summed E-state index contributed by atoms with van der Waals surface area (Å²) in [6.45, 7) is 2.93. The lowest BCUT2D eigenvalue weighted by Crippen LogP contribution is -2.44. The summed E-state index contributed by atoms with van der Waals surface area (Å²) in [6.07, 6.45) is 4.11. The van der Waals surface area contributed by atoms with E-state index in [0.29, 0.717) is 18.9 Å². The van der Waals surface area contributed by atoms with Crippen molar-refractivity contribution in [2.45, 2.75) is 25.8 Å². The van der Waals surface area contributed by atoms with Gasteiger partial charge in [-0.25, -0.2) is 9.37 Å². The first-order valence-electron chi connectivity index (χ1n) is 8.42. The number of nitrogens with zero attached hydrogens (tertiary/aromatic N) is 3. The monoisotopic (exact) mass is 345 g/mol. The highest BCUT2D eigenvalue weighted by Crippen LogP contribution is 2.28. The molecule has 0 aliphatic carbocycles. The van der Waals surface area contributed by atoms with Crippen molar-refractivity contribution < 1.29 is 9.18 Å². The van der Waals surface area contributed by atoms with E-state index in [9.17, 15) is 9.18 Å². The van der Waals surface area contributed by atoms with Crippen LogP contribution in [0.2, 0.25) is 0 Å². The smallest absolute Gasteiger partial charge is 0.226 e. The highest BCUT2D eigenvalue weighted by Gasteiger charge is 2.31. The van der Waals surface area contributed by atoms with Crippen molar-refractivity contribution >= 4 is 23.1 Å². The third kappa shape index (κ3) is 2.90. The van der Waals surface area contributed by atoms with Gasteiger partial charge in [0.25, 0.3) is 0 Å². The lowest BCUT2D eigenvalue weighted by atomic mass is 9.94. The summed E-state index contributed by atoms with van der Waals surface area (Å²) in [5, 5.41) is 2.11. The number of rotatable bonds is 2. The van der Waals surface area contributed by atoms with Gasteiger partial charge in [-0.1, -0.05) is 0 Å². The summed E-state index contributed by atoms with van der Waals surface area (Å²) < 4.78 is 13.9. The summed E-state index contributed by atoms with van der Waals surface area (Å²) in [7, 11) is 0. The molecule has 0 bridgehead atoms. The Labute approximate surface area is 144 Å². The van der Waals surface area contributed by atoms with E-state index in [2.05, 4.69) is 16.4 Å². The second kappa shape index (κ2) is 6.51. The molecule has 4 heterocycles. The van der Waals surface area contributed by atoms with Crippen molar-refractivity contribution in [3.8, 4) is 0 Å². The van der Waals surface area contributed by atoms with E-state index in [4.69, 9.17) is 0 Å². The number of amides is 1. The molecule has 0 unspecified atom stereocenters. The minimum absolute atomic E-state index is 0.0493. The van der Waals surface area contributed by atoms with E-state index >= 15 is 0 Å². The molecule has 0 spiro atoms. The number of thiophene rings is 1. The first kappa shape index (κ1) is 15.6. The third-order valence-corrected chi connectivity index (χ3v) is 6.03. The Balaban J connectivity index is 1.38. The maximum atomic E-state index is 13.9. The number of hydrogen-bond donors (Lipinski definition) is 0. The quantitative estimate of drug-likeness (QED) is 0.839. The zero-order valence-electron chi connectivity index (χ0n) is 13.4. The molecule has 2 aromatic heterocycles. The maximum Gasteiger partial charge on any atom is 0.226 e. The molecule has 0 aromatic carbocycles. The predicted molar refractivity (Wildman–Crippen MR) is 92.6 cm³/mol. The van der Waals surface area contributed by atoms with Gasteiger partial charge in [0.2, 0.25) is 5.91 Å². The standard InChI is InChI=1S/C18H20FN3OS/c19-15-2-1-7-20-17(15)21-8-3-13(4-9-21)18(23)22-10-5-16-14(12-22)6-11-24-16/h1-2,6-7,11,13H,3-5,8-10,12H2. The Hall–Kier alpha value is -1.95. The van der Waals surface area contributed by atoms with Gasteiger partial charge in [0, 0.05) is 43.2 Å². The van der Waals surface area contributed by atoms with Gasteiger partial charge in [-0.2, -0.15) is 0 Å². The van der Waals surface area contributed by atoms with Crippen molar-refractivity contribution in [1.82, 2.24) is 9.88 Å². The molecule has 0 saturated carbocycles. The summed E-state index contributed by atoms with van der Waals surface area (Å²) in [5.41, 5.74) is 1.30. The van der Waals surface area contributed by atoms with Crippen LogP contribution in [-0.2, 0) is 17.8 Å². The molecule has 1 fully saturated rings. The normalized spacial score (nSPS) is 18.5. The number of halogens is 1. The number of hydrogen-bond acceptors (Lipinski definition) is 4. The topological polar surface area (TPSA) is 36.4 Å². The Morgan fingerprint density at radius 2 is 2.08 bits per heavy atom. The van der Waals surface area contributed by atoms with Gasteiger partial charge in [0.1, 0.15) is 0 Å². The Bertz CT molecular complexity index is 739. The van der Waals surface area contributed by atoms with Crippen molar-refractivity contribution in [2.24, 2.45) is 5.92 Å². The zero-order chi connectivity index (χ0) is 16.5. The summed E-state index contributed by atoms with van der Waals surface area (Å²) in [6, 6.07) is 5.17. The molecule has 2 aliphatic rings. The van der Waals surface area contributed by atoms with Gasteiger partial charge < -0.3 is 9.80 Å². The first-order valence-corrected chi connectivity index (χ1v) is 9.30. The second-order valence-electron chi connectivity index (χ2n) is 6.45. The van der Waals surface area contributed by atoms with E-state index in [1.807, 2.05) is 9.80 Å². The molecule has 126 valence electrons. The van der Waals surface area contributed by atoms with Crippen LogP contribution in [0.25, 0.3) is 0 Å². The zero-order valence-corrected chi connectivity index (χ0v) is 14.3. The van der Waals surface area contributed by atoms with Gasteiger partial charge in [-0.05, 0) is 48.4 Å². The van der Waals surface area contributed by atoms with Crippen LogP contribution < -0.4 is 4.90 Å². The highest BCUT2D eigenvalue weighted by molar-refractivity contribution is 7.10. The van der Waals surface area contributed by atoms with E-state index in [0.717, 1.165) is 32.4 Å². The van der Waals surface area contributed by atoms with E-state index in [-0.39, 0.29) is 17.6 Å². The average molecular weight is 345 g/mol. The molecular weight excluding hydrogens is 325 g/mol. The molecule has 0 atom stereocenters.